The summed E-state index contributed by atoms with van der Waals surface area (Å²) in [6.07, 6.45) is 2.07. The Kier molecular flexibility index (Phi) is 6.64. The zero-order valence-electron chi connectivity index (χ0n) is 15.2. The first-order chi connectivity index (χ1) is 12.7. The largest absolute Gasteiger partial charge is 0.492 e. The molecule has 1 aromatic rings. The highest BCUT2D eigenvalue weighted by molar-refractivity contribution is 7.99. The van der Waals surface area contributed by atoms with Crippen molar-refractivity contribution in [3.63, 3.8) is 0 Å². The maximum atomic E-state index is 12.5. The fourth-order valence-electron chi connectivity index (χ4n) is 3.56. The van der Waals surface area contributed by atoms with Crippen molar-refractivity contribution in [3.05, 3.63) is 23.8 Å². The van der Waals surface area contributed by atoms with E-state index in [1.807, 2.05) is 23.6 Å². The minimum Gasteiger partial charge on any atom is -0.492 e. The number of nitriles is 1. The van der Waals surface area contributed by atoms with Crippen molar-refractivity contribution < 1.29 is 9.53 Å². The Labute approximate surface area is 159 Å². The van der Waals surface area contributed by atoms with Gasteiger partial charge in [-0.3, -0.25) is 4.90 Å². The van der Waals surface area contributed by atoms with E-state index in [9.17, 15) is 10.1 Å². The molecule has 3 rings (SSSR count). The normalized spacial score (nSPS) is 19.0. The molecular formula is C19H26N4O2S. The van der Waals surface area contributed by atoms with E-state index in [-0.39, 0.29) is 6.03 Å². The predicted octanol–water partition coefficient (Wildman–Crippen LogP) is 3.00. The average Bonchev–Trinajstić information content (AvgIpc) is 2.70. The summed E-state index contributed by atoms with van der Waals surface area (Å²) >= 11 is 2.03. The van der Waals surface area contributed by atoms with Crippen LogP contribution in [0.5, 0.6) is 5.75 Å². The van der Waals surface area contributed by atoms with Gasteiger partial charge in [0.05, 0.1) is 12.2 Å². The molecule has 1 N–H and O–H groups in total. The second kappa shape index (κ2) is 9.15. The smallest absolute Gasteiger partial charge is 0.321 e. The Hall–Kier alpha value is -1.91. The summed E-state index contributed by atoms with van der Waals surface area (Å²) in [7, 11) is 0. The SMILES string of the molecule is CCOc1ccc(NC(=O)N2CCC(N3CCSCC3)CC2)cc1C#N. The van der Waals surface area contributed by atoms with Crippen molar-refractivity contribution in [1.82, 2.24) is 9.80 Å². The number of piperidine rings is 1. The van der Waals surface area contributed by atoms with Crippen molar-refractivity contribution in [2.75, 3.05) is 49.6 Å². The van der Waals surface area contributed by atoms with E-state index in [0.717, 1.165) is 25.9 Å². The van der Waals surface area contributed by atoms with Crippen LogP contribution in [0.25, 0.3) is 0 Å². The molecule has 26 heavy (non-hydrogen) atoms. The number of carbonyl (C=O) groups excluding carboxylic acids is 1. The van der Waals surface area contributed by atoms with E-state index < -0.39 is 0 Å². The molecular weight excluding hydrogens is 348 g/mol. The number of benzene rings is 1. The quantitative estimate of drug-likeness (QED) is 0.877. The Balaban J connectivity index is 1.53. The van der Waals surface area contributed by atoms with Crippen molar-refractivity contribution in [1.29, 1.82) is 5.26 Å². The van der Waals surface area contributed by atoms with Crippen molar-refractivity contribution in [3.8, 4) is 11.8 Å². The minimum absolute atomic E-state index is 0.0919. The molecule has 0 aliphatic carbocycles. The molecule has 2 fully saturated rings. The highest BCUT2D eigenvalue weighted by atomic mass is 32.2. The molecule has 2 amide bonds. The van der Waals surface area contributed by atoms with Gasteiger partial charge in [-0.2, -0.15) is 17.0 Å². The third-order valence-corrected chi connectivity index (χ3v) is 5.91. The lowest BCUT2D eigenvalue weighted by Crippen LogP contribution is -2.49. The number of nitrogens with zero attached hydrogens (tertiary/aromatic N) is 3. The zero-order chi connectivity index (χ0) is 18.4. The third kappa shape index (κ3) is 4.63. The van der Waals surface area contributed by atoms with Crippen molar-refractivity contribution in [2.45, 2.75) is 25.8 Å². The monoisotopic (exact) mass is 374 g/mol. The maximum Gasteiger partial charge on any atom is 0.321 e. The Morgan fingerprint density at radius 3 is 2.69 bits per heavy atom. The van der Waals surface area contributed by atoms with Crippen LogP contribution in [-0.4, -0.2) is 66.2 Å². The molecule has 6 nitrogen and oxygen atoms in total. The zero-order valence-corrected chi connectivity index (χ0v) is 16.1. The highest BCUT2D eigenvalue weighted by Gasteiger charge is 2.27. The molecule has 140 valence electrons. The highest BCUT2D eigenvalue weighted by Crippen LogP contribution is 2.24. The first-order valence-corrected chi connectivity index (χ1v) is 10.4. The molecule has 0 aromatic heterocycles. The van der Waals surface area contributed by atoms with Crippen LogP contribution in [0.15, 0.2) is 18.2 Å². The second-order valence-corrected chi connectivity index (χ2v) is 7.78. The summed E-state index contributed by atoms with van der Waals surface area (Å²) in [4.78, 5) is 17.0. The lowest BCUT2D eigenvalue weighted by molar-refractivity contribution is 0.130. The first kappa shape index (κ1) is 18.9. The van der Waals surface area contributed by atoms with Crippen molar-refractivity contribution >= 4 is 23.5 Å². The fourth-order valence-corrected chi connectivity index (χ4v) is 4.49. The van der Waals surface area contributed by atoms with Gasteiger partial charge in [0, 0.05) is 49.4 Å². The number of urea groups is 1. The predicted molar refractivity (Wildman–Crippen MR) is 105 cm³/mol. The van der Waals surface area contributed by atoms with E-state index in [0.29, 0.717) is 29.6 Å². The lowest BCUT2D eigenvalue weighted by Gasteiger charge is -2.40. The van der Waals surface area contributed by atoms with Gasteiger partial charge in [0.15, 0.2) is 0 Å². The van der Waals surface area contributed by atoms with E-state index in [2.05, 4.69) is 16.3 Å². The number of hydrogen-bond acceptors (Lipinski definition) is 5. The van der Waals surface area contributed by atoms with E-state index in [1.54, 1.807) is 18.2 Å². The minimum atomic E-state index is -0.0919. The number of carbonyl (C=O) groups is 1. The van der Waals surface area contributed by atoms with Gasteiger partial charge in [0.25, 0.3) is 0 Å². The van der Waals surface area contributed by atoms with E-state index >= 15 is 0 Å². The lowest BCUT2D eigenvalue weighted by atomic mass is 10.0. The number of amides is 2. The summed E-state index contributed by atoms with van der Waals surface area (Å²) in [5.41, 5.74) is 1.07. The standard InChI is InChI=1S/C19H26N4O2S/c1-2-25-18-4-3-16(13-15(18)14-20)21-19(24)23-7-5-17(6-8-23)22-9-11-26-12-10-22/h3-4,13,17H,2,5-12H2,1H3,(H,21,24). The molecule has 0 atom stereocenters. The van der Waals surface area contributed by atoms with Gasteiger partial charge >= 0.3 is 6.03 Å². The van der Waals surface area contributed by atoms with Crippen LogP contribution in [-0.2, 0) is 0 Å². The molecule has 2 aliphatic heterocycles. The van der Waals surface area contributed by atoms with Crippen LogP contribution in [0, 0.1) is 11.3 Å². The molecule has 7 heteroatoms. The number of nitrogens with one attached hydrogen (secondary N) is 1. The van der Waals surface area contributed by atoms with Crippen LogP contribution in [0.4, 0.5) is 10.5 Å². The molecule has 0 spiro atoms. The average molecular weight is 375 g/mol. The summed E-state index contributed by atoms with van der Waals surface area (Å²) in [6.45, 7) is 6.29. The van der Waals surface area contributed by atoms with Gasteiger partial charge in [0.2, 0.25) is 0 Å². The van der Waals surface area contributed by atoms with Gasteiger partial charge in [-0.25, -0.2) is 4.79 Å². The Morgan fingerprint density at radius 1 is 1.31 bits per heavy atom. The second-order valence-electron chi connectivity index (χ2n) is 6.55. The molecule has 2 aliphatic rings. The topological polar surface area (TPSA) is 68.6 Å². The number of ether oxygens (including phenoxy) is 1. The van der Waals surface area contributed by atoms with Gasteiger partial charge in [-0.1, -0.05) is 0 Å². The molecule has 2 heterocycles. The molecule has 0 saturated carbocycles. The number of hydrogen-bond donors (Lipinski definition) is 1. The van der Waals surface area contributed by atoms with Crippen LogP contribution in [0.2, 0.25) is 0 Å². The third-order valence-electron chi connectivity index (χ3n) is 4.96. The maximum absolute atomic E-state index is 12.5. The van der Waals surface area contributed by atoms with Gasteiger partial charge < -0.3 is 15.0 Å². The Morgan fingerprint density at radius 2 is 2.04 bits per heavy atom. The molecule has 2 saturated heterocycles. The molecule has 0 unspecified atom stereocenters. The fraction of sp³-hybridized carbons (Fsp3) is 0.579. The number of thioether (sulfide) groups is 1. The van der Waals surface area contributed by atoms with Gasteiger partial charge in [0.1, 0.15) is 11.8 Å². The Bertz CT molecular complexity index is 662. The summed E-state index contributed by atoms with van der Waals surface area (Å²) in [6, 6.07) is 7.82. The van der Waals surface area contributed by atoms with Crippen molar-refractivity contribution in [2.24, 2.45) is 0 Å². The van der Waals surface area contributed by atoms with Gasteiger partial charge in [-0.05, 0) is 38.0 Å². The van der Waals surface area contributed by atoms with E-state index in [4.69, 9.17) is 4.74 Å². The summed E-state index contributed by atoms with van der Waals surface area (Å²) < 4.78 is 5.42. The summed E-state index contributed by atoms with van der Waals surface area (Å²) in [5, 5.41) is 12.2. The van der Waals surface area contributed by atoms with E-state index in [1.165, 1.54) is 24.6 Å². The molecule has 1 aromatic carbocycles. The summed E-state index contributed by atoms with van der Waals surface area (Å²) in [5.74, 6) is 2.99. The first-order valence-electron chi connectivity index (χ1n) is 9.26. The molecule has 0 bridgehead atoms. The van der Waals surface area contributed by atoms with Crippen LogP contribution >= 0.6 is 11.8 Å². The number of rotatable bonds is 4. The van der Waals surface area contributed by atoms with Crippen LogP contribution < -0.4 is 10.1 Å². The van der Waals surface area contributed by atoms with Crippen LogP contribution in [0.3, 0.4) is 0 Å². The number of likely N-dealkylation sites (tertiary alicyclic amines) is 1. The molecule has 0 radical (unpaired) electrons. The van der Waals surface area contributed by atoms with Gasteiger partial charge in [-0.15, -0.1) is 0 Å². The van der Waals surface area contributed by atoms with Crippen LogP contribution in [0.1, 0.15) is 25.3 Å². The number of anilines is 1.